The minimum absolute atomic E-state index is 0.0233. The maximum atomic E-state index is 12.8. The third-order valence-electron chi connectivity index (χ3n) is 5.32. The monoisotopic (exact) mass is 530 g/mol. The minimum Gasteiger partial charge on any atom is -0.493 e. The number of aromatic nitrogens is 4. The van der Waals surface area contributed by atoms with E-state index < -0.39 is 18.6 Å². The molecular formula is C25H25F3N6O4. The summed E-state index contributed by atoms with van der Waals surface area (Å²) in [7, 11) is 3.06. The Morgan fingerprint density at radius 2 is 1.82 bits per heavy atom. The van der Waals surface area contributed by atoms with E-state index in [0.717, 1.165) is 0 Å². The number of aryl methyl sites for hydroxylation is 1. The number of halogens is 3. The van der Waals surface area contributed by atoms with E-state index in [2.05, 4.69) is 25.7 Å². The van der Waals surface area contributed by atoms with Crippen molar-refractivity contribution in [3.63, 3.8) is 0 Å². The fraction of sp³-hybridized carbons (Fsp3) is 0.280. The third kappa shape index (κ3) is 6.22. The van der Waals surface area contributed by atoms with Gasteiger partial charge in [-0.15, -0.1) is 0 Å². The molecular weight excluding hydrogens is 505 g/mol. The first-order valence-corrected chi connectivity index (χ1v) is 11.5. The van der Waals surface area contributed by atoms with Crippen LogP contribution in [0.2, 0.25) is 0 Å². The van der Waals surface area contributed by atoms with Crippen LogP contribution in [0.15, 0.2) is 48.9 Å². The van der Waals surface area contributed by atoms with Crippen molar-refractivity contribution >= 4 is 28.3 Å². The molecule has 0 saturated heterocycles. The van der Waals surface area contributed by atoms with Crippen molar-refractivity contribution in [2.75, 3.05) is 31.4 Å². The van der Waals surface area contributed by atoms with Crippen LogP contribution >= 0.6 is 0 Å². The molecule has 200 valence electrons. The topological polar surface area (TPSA) is 112 Å². The van der Waals surface area contributed by atoms with Crippen molar-refractivity contribution in [3.05, 3.63) is 54.6 Å². The molecule has 0 saturated carbocycles. The Balaban J connectivity index is 1.50. The zero-order chi connectivity index (χ0) is 27.3. The molecule has 0 atom stereocenters. The van der Waals surface area contributed by atoms with Gasteiger partial charge in [0.2, 0.25) is 0 Å². The van der Waals surface area contributed by atoms with E-state index in [4.69, 9.17) is 14.2 Å². The highest BCUT2D eigenvalue weighted by atomic mass is 19.4. The summed E-state index contributed by atoms with van der Waals surface area (Å²) >= 11 is 0. The van der Waals surface area contributed by atoms with Gasteiger partial charge in [0, 0.05) is 30.4 Å². The van der Waals surface area contributed by atoms with Crippen molar-refractivity contribution < 1.29 is 32.2 Å². The van der Waals surface area contributed by atoms with E-state index >= 15 is 0 Å². The van der Waals surface area contributed by atoms with E-state index in [0.29, 0.717) is 46.9 Å². The first-order valence-electron chi connectivity index (χ1n) is 11.5. The van der Waals surface area contributed by atoms with Crippen molar-refractivity contribution in [2.24, 2.45) is 0 Å². The van der Waals surface area contributed by atoms with Gasteiger partial charge in [0.25, 0.3) is 5.91 Å². The highest BCUT2D eigenvalue weighted by molar-refractivity contribution is 6.06. The first kappa shape index (κ1) is 26.5. The molecule has 0 unspecified atom stereocenters. The number of hydrogen-bond acceptors (Lipinski definition) is 8. The smallest absolute Gasteiger partial charge is 0.405 e. The number of carbonyl (C=O) groups excluding carboxylic acids is 1. The number of ether oxygens (including phenoxy) is 3. The van der Waals surface area contributed by atoms with Gasteiger partial charge >= 0.3 is 6.18 Å². The van der Waals surface area contributed by atoms with Gasteiger partial charge < -0.3 is 24.8 Å². The molecule has 0 bridgehead atoms. The fourth-order valence-corrected chi connectivity index (χ4v) is 3.61. The quantitative estimate of drug-likeness (QED) is 0.285. The predicted octanol–water partition coefficient (Wildman–Crippen LogP) is 5.27. The molecule has 4 aromatic rings. The minimum atomic E-state index is -4.45. The molecule has 38 heavy (non-hydrogen) atoms. The van der Waals surface area contributed by atoms with Crippen LogP contribution in [0.25, 0.3) is 10.9 Å². The highest BCUT2D eigenvalue weighted by Gasteiger charge is 2.28. The van der Waals surface area contributed by atoms with Gasteiger partial charge in [0.05, 0.1) is 31.6 Å². The van der Waals surface area contributed by atoms with Crippen molar-refractivity contribution in [3.8, 4) is 23.0 Å². The number of pyridine rings is 2. The number of methoxy groups -OCH3 is 2. The molecule has 0 fully saturated rings. The van der Waals surface area contributed by atoms with Gasteiger partial charge in [-0.2, -0.15) is 18.3 Å². The van der Waals surface area contributed by atoms with E-state index in [1.807, 2.05) is 6.92 Å². The number of anilines is 2. The number of alkyl halides is 3. The molecule has 0 aliphatic rings. The molecule has 0 aliphatic carbocycles. The lowest BCUT2D eigenvalue weighted by Gasteiger charge is -2.12. The van der Waals surface area contributed by atoms with Crippen molar-refractivity contribution in [1.82, 2.24) is 19.7 Å². The molecule has 1 amide bonds. The molecule has 0 aliphatic heterocycles. The standard InChI is InChI=1S/C25H25F3N6O4/c1-4-9-34-13-18(31-14-25(26,27)28)23(33-34)24(35)32-22-6-5-15(12-30-22)38-19-7-8-29-17-11-21(37-3)20(36-2)10-16(17)19/h5-8,10-13,31H,4,9,14H2,1-3H3,(H,30,32,35). The lowest BCUT2D eigenvalue weighted by Crippen LogP contribution is -2.23. The lowest BCUT2D eigenvalue weighted by atomic mass is 10.2. The average Bonchev–Trinajstić information content (AvgIpc) is 3.31. The Kier molecular flexibility index (Phi) is 7.84. The maximum Gasteiger partial charge on any atom is 0.405 e. The Morgan fingerprint density at radius 1 is 1.05 bits per heavy atom. The lowest BCUT2D eigenvalue weighted by molar-refractivity contribution is -0.115. The van der Waals surface area contributed by atoms with Gasteiger partial charge in [0.15, 0.2) is 17.2 Å². The molecule has 1 aromatic carbocycles. The van der Waals surface area contributed by atoms with Crippen LogP contribution < -0.4 is 24.8 Å². The van der Waals surface area contributed by atoms with E-state index in [-0.39, 0.29) is 17.2 Å². The maximum absolute atomic E-state index is 12.8. The van der Waals surface area contributed by atoms with E-state index in [1.165, 1.54) is 37.4 Å². The summed E-state index contributed by atoms with van der Waals surface area (Å²) < 4.78 is 56.2. The normalized spacial score (nSPS) is 11.3. The number of hydrogen-bond donors (Lipinski definition) is 2. The molecule has 3 heterocycles. The number of nitrogens with zero attached hydrogens (tertiary/aromatic N) is 4. The summed E-state index contributed by atoms with van der Waals surface area (Å²) in [5.74, 6) is 1.38. The van der Waals surface area contributed by atoms with Gasteiger partial charge in [-0.05, 0) is 30.7 Å². The van der Waals surface area contributed by atoms with E-state index in [1.54, 1.807) is 30.5 Å². The Morgan fingerprint density at radius 3 is 2.47 bits per heavy atom. The molecule has 2 N–H and O–H groups in total. The number of fused-ring (bicyclic) bond motifs is 1. The van der Waals surface area contributed by atoms with Crippen LogP contribution in [-0.4, -0.2) is 52.6 Å². The zero-order valence-electron chi connectivity index (χ0n) is 20.8. The second kappa shape index (κ2) is 11.2. The Hall–Kier alpha value is -4.55. The van der Waals surface area contributed by atoms with Crippen LogP contribution in [0.4, 0.5) is 24.7 Å². The van der Waals surface area contributed by atoms with Crippen molar-refractivity contribution in [1.29, 1.82) is 0 Å². The second-order valence-corrected chi connectivity index (χ2v) is 8.09. The highest BCUT2D eigenvalue weighted by Crippen LogP contribution is 2.36. The van der Waals surface area contributed by atoms with Crippen LogP contribution in [-0.2, 0) is 6.54 Å². The summed E-state index contributed by atoms with van der Waals surface area (Å²) in [4.78, 5) is 21.3. The van der Waals surface area contributed by atoms with Crippen LogP contribution in [0.3, 0.4) is 0 Å². The molecule has 4 rings (SSSR count). The van der Waals surface area contributed by atoms with Gasteiger partial charge in [-0.25, -0.2) is 4.98 Å². The van der Waals surface area contributed by atoms with Crippen LogP contribution in [0.1, 0.15) is 23.8 Å². The summed E-state index contributed by atoms with van der Waals surface area (Å²) in [6, 6.07) is 8.27. The molecule has 0 radical (unpaired) electrons. The summed E-state index contributed by atoms with van der Waals surface area (Å²) in [5.41, 5.74) is 0.441. The fourth-order valence-electron chi connectivity index (χ4n) is 3.61. The van der Waals surface area contributed by atoms with Gasteiger partial charge in [-0.3, -0.25) is 14.5 Å². The number of benzene rings is 1. The summed E-state index contributed by atoms with van der Waals surface area (Å²) in [5, 5.41) is 9.60. The number of carbonyl (C=O) groups is 1. The Bertz CT molecular complexity index is 1420. The number of rotatable bonds is 10. The Labute approximate surface area is 215 Å². The van der Waals surface area contributed by atoms with Gasteiger partial charge in [0.1, 0.15) is 23.9 Å². The largest absolute Gasteiger partial charge is 0.493 e. The summed E-state index contributed by atoms with van der Waals surface area (Å²) in [6.07, 6.45) is 0.611. The SMILES string of the molecule is CCCn1cc(NCC(F)(F)F)c(C(=O)Nc2ccc(Oc3ccnc4cc(OC)c(OC)cc34)cn2)n1. The summed E-state index contributed by atoms with van der Waals surface area (Å²) in [6.45, 7) is 1.04. The third-order valence-corrected chi connectivity index (χ3v) is 5.32. The molecule has 3 aromatic heterocycles. The average molecular weight is 531 g/mol. The predicted molar refractivity (Wildman–Crippen MR) is 134 cm³/mol. The van der Waals surface area contributed by atoms with Crippen molar-refractivity contribution in [2.45, 2.75) is 26.1 Å². The molecule has 13 heteroatoms. The van der Waals surface area contributed by atoms with Crippen LogP contribution in [0.5, 0.6) is 23.0 Å². The molecule has 10 nitrogen and oxygen atoms in total. The second-order valence-electron chi connectivity index (χ2n) is 8.09. The zero-order valence-corrected chi connectivity index (χ0v) is 20.8. The first-order chi connectivity index (χ1) is 18.2. The molecule has 0 spiro atoms. The van der Waals surface area contributed by atoms with Gasteiger partial charge in [-0.1, -0.05) is 6.92 Å². The van der Waals surface area contributed by atoms with Crippen LogP contribution in [0, 0.1) is 0 Å². The number of nitrogens with one attached hydrogen (secondary N) is 2. The van der Waals surface area contributed by atoms with E-state index in [9.17, 15) is 18.0 Å². The number of amides is 1.